The minimum absolute atomic E-state index is 0.267. The van der Waals surface area contributed by atoms with Crippen LogP contribution in [0.25, 0.3) is 16.8 Å². The van der Waals surface area contributed by atoms with Gasteiger partial charge in [0.15, 0.2) is 5.65 Å². The molecule has 4 rings (SSSR count). The molecule has 0 saturated heterocycles. The van der Waals surface area contributed by atoms with Crippen LogP contribution in [0, 0.1) is 6.92 Å². The Balaban J connectivity index is 1.58. The quantitative estimate of drug-likeness (QED) is 0.624. The van der Waals surface area contributed by atoms with Crippen molar-refractivity contribution >= 4 is 17.4 Å². The molecule has 0 spiro atoms. The summed E-state index contributed by atoms with van der Waals surface area (Å²) in [5.41, 5.74) is 4.01. The first-order valence-corrected chi connectivity index (χ1v) is 7.73. The van der Waals surface area contributed by atoms with Crippen molar-refractivity contribution in [1.82, 2.24) is 25.0 Å². The number of carbonyl (C=O) groups is 1. The van der Waals surface area contributed by atoms with Crippen molar-refractivity contribution in [3.05, 3.63) is 72.1 Å². The van der Waals surface area contributed by atoms with E-state index >= 15 is 0 Å². The van der Waals surface area contributed by atoms with Crippen LogP contribution in [0.3, 0.4) is 0 Å². The topological polar surface area (TPSA) is 85.1 Å². The average Bonchev–Trinajstić information content (AvgIpc) is 3.10. The van der Waals surface area contributed by atoms with E-state index in [2.05, 4.69) is 25.8 Å². The Morgan fingerprint density at radius 1 is 1.04 bits per heavy atom. The normalized spacial score (nSPS) is 10.8. The standard InChI is InChI=1S/C18H14N6O/c1-12-15(13-5-3-2-4-6-13)8-9-16(19-12)20-18(25)14-7-10-17-21-22-23-24(17)11-14/h2-11H,1H3,(H,19,20,25). The molecule has 4 aromatic rings. The maximum atomic E-state index is 12.4. The Kier molecular flexibility index (Phi) is 3.66. The second kappa shape index (κ2) is 6.12. The number of aromatic nitrogens is 5. The van der Waals surface area contributed by atoms with E-state index in [0.717, 1.165) is 16.8 Å². The van der Waals surface area contributed by atoms with Crippen LogP contribution in [0.4, 0.5) is 5.82 Å². The SMILES string of the molecule is Cc1nc(NC(=O)c2ccc3nnnn3c2)ccc1-c1ccccc1. The van der Waals surface area contributed by atoms with Crippen molar-refractivity contribution in [2.75, 3.05) is 5.32 Å². The number of hydrogen-bond donors (Lipinski definition) is 1. The first-order valence-electron chi connectivity index (χ1n) is 7.73. The van der Waals surface area contributed by atoms with Gasteiger partial charge in [-0.05, 0) is 47.2 Å². The minimum Gasteiger partial charge on any atom is -0.307 e. The van der Waals surface area contributed by atoms with Gasteiger partial charge in [-0.2, -0.15) is 4.52 Å². The van der Waals surface area contributed by atoms with E-state index in [1.54, 1.807) is 24.4 Å². The zero-order valence-electron chi connectivity index (χ0n) is 13.4. The van der Waals surface area contributed by atoms with E-state index in [1.165, 1.54) is 4.52 Å². The number of nitrogens with zero attached hydrogens (tertiary/aromatic N) is 5. The fraction of sp³-hybridized carbons (Fsp3) is 0.0556. The first-order chi connectivity index (χ1) is 12.2. The minimum atomic E-state index is -0.267. The van der Waals surface area contributed by atoms with Gasteiger partial charge in [-0.15, -0.1) is 5.10 Å². The van der Waals surface area contributed by atoms with Crippen LogP contribution in [-0.4, -0.2) is 30.9 Å². The number of amides is 1. The lowest BCUT2D eigenvalue weighted by atomic mass is 10.0. The molecular formula is C18H14N6O. The van der Waals surface area contributed by atoms with Gasteiger partial charge in [-0.1, -0.05) is 30.3 Å². The van der Waals surface area contributed by atoms with Crippen LogP contribution in [0.15, 0.2) is 60.8 Å². The molecule has 0 aliphatic carbocycles. The summed E-state index contributed by atoms with van der Waals surface area (Å²) in [6.07, 6.45) is 1.58. The average molecular weight is 330 g/mol. The second-order valence-electron chi connectivity index (χ2n) is 5.55. The molecule has 0 atom stereocenters. The third-order valence-corrected chi connectivity index (χ3v) is 3.87. The summed E-state index contributed by atoms with van der Waals surface area (Å²) >= 11 is 0. The van der Waals surface area contributed by atoms with Crippen LogP contribution in [0.5, 0.6) is 0 Å². The number of nitrogens with one attached hydrogen (secondary N) is 1. The summed E-state index contributed by atoms with van der Waals surface area (Å²) in [7, 11) is 0. The summed E-state index contributed by atoms with van der Waals surface area (Å²) in [6, 6.07) is 17.1. The number of hydrogen-bond acceptors (Lipinski definition) is 5. The van der Waals surface area contributed by atoms with Gasteiger partial charge in [0.2, 0.25) is 0 Å². The maximum absolute atomic E-state index is 12.4. The predicted octanol–water partition coefficient (Wildman–Crippen LogP) is 2.75. The molecule has 3 heterocycles. The molecule has 0 aliphatic rings. The van der Waals surface area contributed by atoms with Gasteiger partial charge in [-0.25, -0.2) is 4.98 Å². The van der Waals surface area contributed by atoms with Crippen molar-refractivity contribution in [2.24, 2.45) is 0 Å². The molecule has 1 N–H and O–H groups in total. The highest BCUT2D eigenvalue weighted by molar-refractivity contribution is 6.03. The van der Waals surface area contributed by atoms with E-state index in [1.807, 2.05) is 43.3 Å². The number of aryl methyl sites for hydroxylation is 1. The number of benzene rings is 1. The molecule has 1 amide bonds. The molecule has 0 aliphatic heterocycles. The van der Waals surface area contributed by atoms with E-state index in [0.29, 0.717) is 17.0 Å². The molecular weight excluding hydrogens is 316 g/mol. The van der Waals surface area contributed by atoms with Gasteiger partial charge in [0, 0.05) is 17.5 Å². The molecule has 0 unspecified atom stereocenters. The Labute approximate surface area is 143 Å². The van der Waals surface area contributed by atoms with E-state index in [4.69, 9.17) is 0 Å². The number of fused-ring (bicyclic) bond motifs is 1. The highest BCUT2D eigenvalue weighted by atomic mass is 16.1. The zero-order chi connectivity index (χ0) is 17.2. The fourth-order valence-electron chi connectivity index (χ4n) is 2.62. The van der Waals surface area contributed by atoms with Gasteiger partial charge in [0.25, 0.3) is 5.91 Å². The Morgan fingerprint density at radius 2 is 1.88 bits per heavy atom. The molecule has 25 heavy (non-hydrogen) atoms. The predicted molar refractivity (Wildman–Crippen MR) is 93.1 cm³/mol. The lowest BCUT2D eigenvalue weighted by Crippen LogP contribution is -2.14. The molecule has 0 radical (unpaired) electrons. The summed E-state index contributed by atoms with van der Waals surface area (Å²) < 4.78 is 1.45. The molecule has 122 valence electrons. The summed E-state index contributed by atoms with van der Waals surface area (Å²) in [5, 5.41) is 14.0. The Hall–Kier alpha value is -3.61. The number of pyridine rings is 2. The highest BCUT2D eigenvalue weighted by Gasteiger charge is 2.10. The maximum Gasteiger partial charge on any atom is 0.258 e. The lowest BCUT2D eigenvalue weighted by Gasteiger charge is -2.09. The summed E-state index contributed by atoms with van der Waals surface area (Å²) in [5.74, 6) is 0.232. The molecule has 0 fully saturated rings. The van der Waals surface area contributed by atoms with Gasteiger partial charge in [-0.3, -0.25) is 4.79 Å². The molecule has 0 bridgehead atoms. The summed E-state index contributed by atoms with van der Waals surface area (Å²) in [4.78, 5) is 16.9. The van der Waals surface area contributed by atoms with Crippen molar-refractivity contribution in [1.29, 1.82) is 0 Å². The number of carbonyl (C=O) groups excluding carboxylic acids is 1. The van der Waals surface area contributed by atoms with Gasteiger partial charge < -0.3 is 5.32 Å². The van der Waals surface area contributed by atoms with Crippen LogP contribution in [0.2, 0.25) is 0 Å². The lowest BCUT2D eigenvalue weighted by molar-refractivity contribution is 0.102. The summed E-state index contributed by atoms with van der Waals surface area (Å²) in [6.45, 7) is 1.92. The van der Waals surface area contributed by atoms with Gasteiger partial charge in [0.1, 0.15) is 5.82 Å². The molecule has 0 saturated carbocycles. The largest absolute Gasteiger partial charge is 0.307 e. The monoisotopic (exact) mass is 330 g/mol. The number of rotatable bonds is 3. The molecule has 3 aromatic heterocycles. The van der Waals surface area contributed by atoms with Gasteiger partial charge in [0.05, 0.1) is 5.56 Å². The number of anilines is 1. The van der Waals surface area contributed by atoms with E-state index in [9.17, 15) is 4.79 Å². The van der Waals surface area contributed by atoms with Crippen molar-refractivity contribution in [2.45, 2.75) is 6.92 Å². The van der Waals surface area contributed by atoms with Crippen LogP contribution < -0.4 is 5.32 Å². The van der Waals surface area contributed by atoms with Crippen molar-refractivity contribution in [3.63, 3.8) is 0 Å². The second-order valence-corrected chi connectivity index (χ2v) is 5.55. The molecule has 1 aromatic carbocycles. The highest BCUT2D eigenvalue weighted by Crippen LogP contribution is 2.23. The fourth-order valence-corrected chi connectivity index (χ4v) is 2.62. The molecule has 7 heteroatoms. The third-order valence-electron chi connectivity index (χ3n) is 3.87. The van der Waals surface area contributed by atoms with Crippen molar-refractivity contribution < 1.29 is 4.79 Å². The first kappa shape index (κ1) is 14.9. The Morgan fingerprint density at radius 3 is 2.68 bits per heavy atom. The smallest absolute Gasteiger partial charge is 0.258 e. The van der Waals surface area contributed by atoms with E-state index < -0.39 is 0 Å². The van der Waals surface area contributed by atoms with Crippen LogP contribution in [0.1, 0.15) is 16.1 Å². The number of tetrazole rings is 1. The van der Waals surface area contributed by atoms with E-state index in [-0.39, 0.29) is 5.91 Å². The Bertz CT molecular complexity index is 1060. The third kappa shape index (κ3) is 2.94. The zero-order valence-corrected chi connectivity index (χ0v) is 13.4. The molecule has 7 nitrogen and oxygen atoms in total. The van der Waals surface area contributed by atoms with Crippen molar-refractivity contribution in [3.8, 4) is 11.1 Å². The van der Waals surface area contributed by atoms with Gasteiger partial charge >= 0.3 is 0 Å². The van der Waals surface area contributed by atoms with Crippen LogP contribution in [-0.2, 0) is 0 Å². The van der Waals surface area contributed by atoms with Crippen LogP contribution >= 0.6 is 0 Å².